The fourth-order valence-corrected chi connectivity index (χ4v) is 1.63. The Kier molecular flexibility index (Phi) is 5.00. The van der Waals surface area contributed by atoms with Crippen LogP contribution in [0.4, 0.5) is 0 Å². The van der Waals surface area contributed by atoms with E-state index in [-0.39, 0.29) is 11.7 Å². The molecule has 1 aromatic carbocycles. The molecule has 1 aromatic rings. The van der Waals surface area contributed by atoms with Crippen molar-refractivity contribution in [1.82, 2.24) is 5.32 Å². The van der Waals surface area contributed by atoms with Crippen LogP contribution in [0.1, 0.15) is 31.1 Å². The van der Waals surface area contributed by atoms with Gasteiger partial charge < -0.3 is 10.4 Å². The molecule has 17 heavy (non-hydrogen) atoms. The number of phenolic OH excluding ortho intramolecular Hbond substituents is 1. The molecule has 0 aliphatic rings. The Hall–Kier alpha value is -1.03. The fourth-order valence-electron chi connectivity index (χ4n) is 1.28. The van der Waals surface area contributed by atoms with Crippen LogP contribution in [0.3, 0.4) is 0 Å². The molecule has 1 rings (SSSR count). The second-order valence-corrected chi connectivity index (χ2v) is 5.51. The number of phenols is 1. The Labute approximate surface area is 110 Å². The Balaban J connectivity index is 2.64. The van der Waals surface area contributed by atoms with E-state index in [1.165, 1.54) is 6.07 Å². The van der Waals surface area contributed by atoms with Gasteiger partial charge in [-0.15, -0.1) is 0 Å². The van der Waals surface area contributed by atoms with Crippen LogP contribution >= 0.6 is 15.9 Å². The van der Waals surface area contributed by atoms with Crippen molar-refractivity contribution >= 4 is 21.8 Å². The summed E-state index contributed by atoms with van der Waals surface area (Å²) < 4.78 is 0.752. The lowest BCUT2D eigenvalue weighted by Gasteiger charge is -2.16. The average Bonchev–Trinajstić information content (AvgIpc) is 2.25. The molecule has 0 saturated carbocycles. The number of hydrogen-bond donors (Lipinski definition) is 2. The molecule has 1 amide bonds. The zero-order valence-electron chi connectivity index (χ0n) is 10.3. The van der Waals surface area contributed by atoms with Crippen molar-refractivity contribution in [3.63, 3.8) is 0 Å². The summed E-state index contributed by atoms with van der Waals surface area (Å²) in [6.07, 6.45) is 0. The maximum Gasteiger partial charge on any atom is 0.255 e. The van der Waals surface area contributed by atoms with E-state index in [1.807, 2.05) is 0 Å². The molecular weight excluding hydrogens is 282 g/mol. The van der Waals surface area contributed by atoms with Gasteiger partial charge in [0.05, 0.1) is 5.56 Å². The first-order chi connectivity index (χ1) is 7.91. The van der Waals surface area contributed by atoms with E-state index in [9.17, 15) is 9.90 Å². The monoisotopic (exact) mass is 299 g/mol. The van der Waals surface area contributed by atoms with E-state index in [4.69, 9.17) is 0 Å². The van der Waals surface area contributed by atoms with Crippen molar-refractivity contribution in [2.45, 2.75) is 20.8 Å². The fraction of sp³-hybridized carbons (Fsp3) is 0.462. The molecule has 0 heterocycles. The van der Waals surface area contributed by atoms with Crippen LogP contribution in [-0.2, 0) is 0 Å². The zero-order chi connectivity index (χ0) is 13.0. The number of aromatic hydroxyl groups is 1. The van der Waals surface area contributed by atoms with E-state index in [0.29, 0.717) is 23.9 Å². The minimum Gasteiger partial charge on any atom is -0.507 e. The van der Waals surface area contributed by atoms with Crippen molar-refractivity contribution in [2.75, 3.05) is 6.54 Å². The van der Waals surface area contributed by atoms with Crippen LogP contribution in [-0.4, -0.2) is 17.6 Å². The number of hydrogen-bond acceptors (Lipinski definition) is 2. The first kappa shape index (κ1) is 14.0. The van der Waals surface area contributed by atoms with Crippen molar-refractivity contribution < 1.29 is 9.90 Å². The number of amides is 1. The Bertz CT molecular complexity index is 404. The number of carbonyl (C=O) groups is 1. The molecule has 0 radical (unpaired) electrons. The largest absolute Gasteiger partial charge is 0.507 e. The van der Waals surface area contributed by atoms with E-state index in [0.717, 1.165) is 4.47 Å². The zero-order valence-corrected chi connectivity index (χ0v) is 11.9. The lowest BCUT2D eigenvalue weighted by atomic mass is 9.98. The van der Waals surface area contributed by atoms with Gasteiger partial charge >= 0.3 is 0 Å². The van der Waals surface area contributed by atoms with Crippen molar-refractivity contribution in [2.24, 2.45) is 11.8 Å². The number of benzene rings is 1. The minimum atomic E-state index is -0.234. The summed E-state index contributed by atoms with van der Waals surface area (Å²) in [5, 5.41) is 12.5. The van der Waals surface area contributed by atoms with Crippen LogP contribution in [0.5, 0.6) is 5.75 Å². The van der Waals surface area contributed by atoms with Gasteiger partial charge in [-0.2, -0.15) is 0 Å². The molecule has 1 atom stereocenters. The molecule has 4 heteroatoms. The van der Waals surface area contributed by atoms with Gasteiger partial charge in [0, 0.05) is 11.0 Å². The topological polar surface area (TPSA) is 49.3 Å². The van der Waals surface area contributed by atoms with Gasteiger partial charge in [-0.05, 0) is 30.0 Å². The first-order valence-corrected chi connectivity index (χ1v) is 6.47. The highest BCUT2D eigenvalue weighted by Gasteiger charge is 2.13. The van der Waals surface area contributed by atoms with E-state index >= 15 is 0 Å². The molecule has 0 aromatic heterocycles. The highest BCUT2D eigenvalue weighted by atomic mass is 79.9. The predicted molar refractivity (Wildman–Crippen MR) is 72.1 cm³/mol. The molecule has 2 N–H and O–H groups in total. The van der Waals surface area contributed by atoms with Crippen LogP contribution in [0, 0.1) is 11.8 Å². The molecule has 0 aliphatic carbocycles. The van der Waals surface area contributed by atoms with Crippen LogP contribution in [0.2, 0.25) is 0 Å². The number of carbonyl (C=O) groups excluding carboxylic acids is 1. The molecule has 0 bridgehead atoms. The van der Waals surface area contributed by atoms with Gasteiger partial charge in [0.2, 0.25) is 0 Å². The van der Waals surface area contributed by atoms with E-state index in [2.05, 4.69) is 42.0 Å². The first-order valence-electron chi connectivity index (χ1n) is 5.68. The average molecular weight is 300 g/mol. The highest BCUT2D eigenvalue weighted by molar-refractivity contribution is 9.10. The Morgan fingerprint density at radius 1 is 1.41 bits per heavy atom. The molecule has 3 nitrogen and oxygen atoms in total. The molecular formula is C13H18BrNO2. The third-order valence-electron chi connectivity index (χ3n) is 2.93. The van der Waals surface area contributed by atoms with Gasteiger partial charge in [0.15, 0.2) is 0 Å². The van der Waals surface area contributed by atoms with Gasteiger partial charge in [0.25, 0.3) is 5.91 Å². The number of nitrogens with one attached hydrogen (secondary N) is 1. The minimum absolute atomic E-state index is 0.00549. The van der Waals surface area contributed by atoms with Crippen molar-refractivity contribution in [3.8, 4) is 5.75 Å². The van der Waals surface area contributed by atoms with Gasteiger partial charge in [0.1, 0.15) is 5.75 Å². The summed E-state index contributed by atoms with van der Waals surface area (Å²) in [6.45, 7) is 6.94. The molecule has 0 spiro atoms. The summed E-state index contributed by atoms with van der Waals surface area (Å²) in [7, 11) is 0. The standard InChI is InChI=1S/C13H18BrNO2/c1-8(2)9(3)7-15-13(17)11-5-4-10(14)6-12(11)16/h4-6,8-9,16H,7H2,1-3H3,(H,15,17). The lowest BCUT2D eigenvalue weighted by Crippen LogP contribution is -2.30. The molecule has 94 valence electrons. The summed E-state index contributed by atoms with van der Waals surface area (Å²) in [6, 6.07) is 4.86. The smallest absolute Gasteiger partial charge is 0.255 e. The van der Waals surface area contributed by atoms with Gasteiger partial charge in [-0.1, -0.05) is 36.7 Å². The van der Waals surface area contributed by atoms with E-state index < -0.39 is 0 Å². The second kappa shape index (κ2) is 6.05. The summed E-state index contributed by atoms with van der Waals surface area (Å²) in [4.78, 5) is 11.8. The van der Waals surface area contributed by atoms with Crippen molar-refractivity contribution in [3.05, 3.63) is 28.2 Å². The van der Waals surface area contributed by atoms with Crippen LogP contribution < -0.4 is 5.32 Å². The Morgan fingerprint density at radius 2 is 2.06 bits per heavy atom. The molecule has 0 aliphatic heterocycles. The normalized spacial score (nSPS) is 12.5. The van der Waals surface area contributed by atoms with Crippen molar-refractivity contribution in [1.29, 1.82) is 0 Å². The third kappa shape index (κ3) is 4.04. The summed E-state index contributed by atoms with van der Waals surface area (Å²) in [5.74, 6) is 0.696. The maximum atomic E-state index is 11.8. The Morgan fingerprint density at radius 3 is 2.59 bits per heavy atom. The predicted octanol–water partition coefficient (Wildman–Crippen LogP) is 3.18. The number of rotatable bonds is 4. The molecule has 0 fully saturated rings. The molecule has 0 saturated heterocycles. The SMILES string of the molecule is CC(C)C(C)CNC(=O)c1ccc(Br)cc1O. The summed E-state index contributed by atoms with van der Waals surface area (Å²) in [5.41, 5.74) is 0.309. The highest BCUT2D eigenvalue weighted by Crippen LogP contribution is 2.22. The lowest BCUT2D eigenvalue weighted by molar-refractivity contribution is 0.0942. The van der Waals surface area contributed by atoms with Gasteiger partial charge in [-0.25, -0.2) is 0 Å². The quantitative estimate of drug-likeness (QED) is 0.897. The maximum absolute atomic E-state index is 11.8. The van der Waals surface area contributed by atoms with Crippen LogP contribution in [0.15, 0.2) is 22.7 Å². The second-order valence-electron chi connectivity index (χ2n) is 4.59. The van der Waals surface area contributed by atoms with Crippen LogP contribution in [0.25, 0.3) is 0 Å². The van der Waals surface area contributed by atoms with E-state index in [1.54, 1.807) is 12.1 Å². The third-order valence-corrected chi connectivity index (χ3v) is 3.42. The van der Waals surface area contributed by atoms with Gasteiger partial charge in [-0.3, -0.25) is 4.79 Å². The molecule has 1 unspecified atom stereocenters. The number of halogens is 1. The summed E-state index contributed by atoms with van der Waals surface area (Å²) >= 11 is 3.23.